The van der Waals surface area contributed by atoms with E-state index in [9.17, 15) is 14.4 Å². The van der Waals surface area contributed by atoms with Gasteiger partial charge >= 0.3 is 0 Å². The molecule has 0 unspecified atom stereocenters. The third-order valence-electron chi connectivity index (χ3n) is 3.78. The Morgan fingerprint density at radius 2 is 1.92 bits per heavy atom. The van der Waals surface area contributed by atoms with Crippen LogP contribution in [0.5, 0.6) is 0 Å². The smallest absolute Gasteiger partial charge is 0.251 e. The van der Waals surface area contributed by atoms with Crippen LogP contribution in [0.25, 0.3) is 0 Å². The Morgan fingerprint density at radius 1 is 1.19 bits per heavy atom. The van der Waals surface area contributed by atoms with Crippen molar-refractivity contribution >= 4 is 23.4 Å². The molecule has 1 saturated carbocycles. The highest BCUT2D eigenvalue weighted by molar-refractivity contribution is 5.97. The van der Waals surface area contributed by atoms with Crippen LogP contribution in [0.3, 0.4) is 0 Å². The van der Waals surface area contributed by atoms with Crippen LogP contribution in [0.1, 0.15) is 23.2 Å². The van der Waals surface area contributed by atoms with Crippen molar-refractivity contribution in [3.63, 3.8) is 0 Å². The number of carbonyl (C=O) groups is 3. The van der Waals surface area contributed by atoms with E-state index in [0.717, 1.165) is 12.8 Å². The number of carbonyl (C=O) groups excluding carboxylic acids is 3. The molecule has 0 radical (unpaired) electrons. The topological polar surface area (TPSA) is 99.8 Å². The molecule has 8 nitrogen and oxygen atoms in total. The van der Waals surface area contributed by atoms with E-state index in [2.05, 4.69) is 16.0 Å². The molecule has 0 spiro atoms. The van der Waals surface area contributed by atoms with Gasteiger partial charge in [0.1, 0.15) is 0 Å². The van der Waals surface area contributed by atoms with Crippen molar-refractivity contribution < 1.29 is 19.1 Å². The van der Waals surface area contributed by atoms with Gasteiger partial charge < -0.3 is 20.7 Å². The Kier molecular flexibility index (Phi) is 7.55. The summed E-state index contributed by atoms with van der Waals surface area (Å²) < 4.78 is 4.86. The standard InChI is InChI=1S/C18H26N4O4/c1-22(11-16(23)19-8-9-26-2)12-17(24)20-15-5-3-4-13(10-15)18(25)21-14-6-7-14/h3-5,10,14H,6-9,11-12H2,1-2H3,(H,19,23)(H,20,24)(H,21,25). The molecule has 0 bridgehead atoms. The van der Waals surface area contributed by atoms with E-state index in [-0.39, 0.29) is 36.9 Å². The van der Waals surface area contributed by atoms with E-state index in [1.165, 1.54) is 0 Å². The largest absolute Gasteiger partial charge is 0.383 e. The molecular weight excluding hydrogens is 336 g/mol. The van der Waals surface area contributed by atoms with Crippen molar-refractivity contribution in [3.05, 3.63) is 29.8 Å². The van der Waals surface area contributed by atoms with Crippen molar-refractivity contribution in [2.24, 2.45) is 0 Å². The normalized spacial score (nSPS) is 13.3. The highest BCUT2D eigenvalue weighted by Gasteiger charge is 2.23. The van der Waals surface area contributed by atoms with Crippen LogP contribution in [0.4, 0.5) is 5.69 Å². The van der Waals surface area contributed by atoms with Gasteiger partial charge in [0.2, 0.25) is 11.8 Å². The molecule has 142 valence electrons. The van der Waals surface area contributed by atoms with Crippen molar-refractivity contribution in [3.8, 4) is 0 Å². The number of likely N-dealkylation sites (N-methyl/N-ethyl adjacent to an activating group) is 1. The molecule has 0 atom stereocenters. The number of methoxy groups -OCH3 is 1. The van der Waals surface area contributed by atoms with Crippen LogP contribution in [-0.4, -0.2) is 69.1 Å². The number of hydrogen-bond acceptors (Lipinski definition) is 5. The lowest BCUT2D eigenvalue weighted by molar-refractivity contribution is -0.123. The van der Waals surface area contributed by atoms with Crippen LogP contribution in [-0.2, 0) is 14.3 Å². The number of amides is 3. The maximum atomic E-state index is 12.1. The molecule has 2 rings (SSSR count). The summed E-state index contributed by atoms with van der Waals surface area (Å²) >= 11 is 0. The first-order valence-electron chi connectivity index (χ1n) is 8.63. The van der Waals surface area contributed by atoms with Gasteiger partial charge in [-0.3, -0.25) is 19.3 Å². The number of anilines is 1. The lowest BCUT2D eigenvalue weighted by Crippen LogP contribution is -2.39. The zero-order chi connectivity index (χ0) is 18.9. The molecule has 26 heavy (non-hydrogen) atoms. The van der Waals surface area contributed by atoms with E-state index in [4.69, 9.17) is 4.74 Å². The first kappa shape index (κ1) is 19.9. The summed E-state index contributed by atoms with van der Waals surface area (Å²) in [7, 11) is 3.25. The fourth-order valence-corrected chi connectivity index (χ4v) is 2.33. The Morgan fingerprint density at radius 3 is 2.62 bits per heavy atom. The van der Waals surface area contributed by atoms with Crippen LogP contribution in [0.15, 0.2) is 24.3 Å². The molecule has 1 aromatic rings. The Bertz CT molecular complexity index is 646. The van der Waals surface area contributed by atoms with E-state index < -0.39 is 0 Å². The maximum absolute atomic E-state index is 12.1. The summed E-state index contributed by atoms with van der Waals surface area (Å²) in [6, 6.07) is 7.09. The predicted molar refractivity (Wildman–Crippen MR) is 97.9 cm³/mol. The monoisotopic (exact) mass is 362 g/mol. The number of hydrogen-bond donors (Lipinski definition) is 3. The second-order valence-corrected chi connectivity index (χ2v) is 6.39. The van der Waals surface area contributed by atoms with Crippen LogP contribution >= 0.6 is 0 Å². The number of nitrogens with zero attached hydrogens (tertiary/aromatic N) is 1. The second kappa shape index (κ2) is 9.88. The molecule has 3 amide bonds. The second-order valence-electron chi connectivity index (χ2n) is 6.39. The summed E-state index contributed by atoms with van der Waals surface area (Å²) in [5.74, 6) is -0.554. The third-order valence-corrected chi connectivity index (χ3v) is 3.78. The van der Waals surface area contributed by atoms with Crippen molar-refractivity contribution in [2.45, 2.75) is 18.9 Å². The fourth-order valence-electron chi connectivity index (χ4n) is 2.33. The highest BCUT2D eigenvalue weighted by Crippen LogP contribution is 2.20. The first-order chi connectivity index (χ1) is 12.5. The number of rotatable bonds is 10. The molecule has 1 aromatic carbocycles. The summed E-state index contributed by atoms with van der Waals surface area (Å²) in [5.41, 5.74) is 1.07. The minimum Gasteiger partial charge on any atom is -0.383 e. The maximum Gasteiger partial charge on any atom is 0.251 e. The Balaban J connectivity index is 1.77. The van der Waals surface area contributed by atoms with Crippen molar-refractivity contribution in [1.82, 2.24) is 15.5 Å². The third kappa shape index (κ3) is 7.20. The van der Waals surface area contributed by atoms with Crippen molar-refractivity contribution in [1.29, 1.82) is 0 Å². The van der Waals surface area contributed by atoms with Crippen LogP contribution in [0.2, 0.25) is 0 Å². The molecule has 1 aliphatic carbocycles. The average Bonchev–Trinajstić information content (AvgIpc) is 3.39. The fraction of sp³-hybridized carbons (Fsp3) is 0.500. The average molecular weight is 362 g/mol. The zero-order valence-corrected chi connectivity index (χ0v) is 15.2. The number of ether oxygens (including phenoxy) is 1. The van der Waals surface area contributed by atoms with E-state index in [1.807, 2.05) is 0 Å². The van der Waals surface area contributed by atoms with Crippen molar-refractivity contribution in [2.75, 3.05) is 45.7 Å². The minimum absolute atomic E-state index is 0.0657. The predicted octanol–water partition coefficient (Wildman–Crippen LogP) is 0.212. The molecule has 0 saturated heterocycles. The number of nitrogens with one attached hydrogen (secondary N) is 3. The molecule has 3 N–H and O–H groups in total. The summed E-state index contributed by atoms with van der Waals surface area (Å²) in [4.78, 5) is 37.5. The lowest BCUT2D eigenvalue weighted by atomic mass is 10.2. The molecule has 1 aliphatic rings. The molecule has 1 fully saturated rings. The molecule has 0 aliphatic heterocycles. The highest BCUT2D eigenvalue weighted by atomic mass is 16.5. The van der Waals surface area contributed by atoms with Gasteiger partial charge in [0.05, 0.1) is 19.7 Å². The first-order valence-corrected chi connectivity index (χ1v) is 8.63. The molecular formula is C18H26N4O4. The lowest BCUT2D eigenvalue weighted by Gasteiger charge is -2.16. The van der Waals surface area contributed by atoms with Gasteiger partial charge in [-0.25, -0.2) is 0 Å². The number of benzene rings is 1. The van der Waals surface area contributed by atoms with Gasteiger partial charge in [-0.1, -0.05) is 6.07 Å². The molecule has 0 heterocycles. The van der Waals surface area contributed by atoms with Gasteiger partial charge in [-0.2, -0.15) is 0 Å². The van der Waals surface area contributed by atoms with Crippen LogP contribution < -0.4 is 16.0 Å². The Hall–Kier alpha value is -2.45. The summed E-state index contributed by atoms with van der Waals surface area (Å²) in [6.07, 6.45) is 2.04. The van der Waals surface area contributed by atoms with Crippen LogP contribution in [0, 0.1) is 0 Å². The van der Waals surface area contributed by atoms with Gasteiger partial charge in [-0.15, -0.1) is 0 Å². The van der Waals surface area contributed by atoms with Gasteiger partial charge in [0.25, 0.3) is 5.91 Å². The minimum atomic E-state index is -0.253. The van der Waals surface area contributed by atoms with Gasteiger partial charge in [0.15, 0.2) is 0 Å². The SMILES string of the molecule is COCCNC(=O)CN(C)CC(=O)Nc1cccc(C(=O)NC2CC2)c1. The molecule has 0 aromatic heterocycles. The molecule has 8 heteroatoms. The summed E-state index contributed by atoms with van der Waals surface area (Å²) in [5, 5.41) is 8.36. The van der Waals surface area contributed by atoms with E-state index >= 15 is 0 Å². The quantitative estimate of drug-likeness (QED) is 0.517. The Labute approximate surface area is 153 Å². The van der Waals surface area contributed by atoms with E-state index in [1.54, 1.807) is 43.3 Å². The van der Waals surface area contributed by atoms with E-state index in [0.29, 0.717) is 24.4 Å². The zero-order valence-electron chi connectivity index (χ0n) is 15.2. The van der Waals surface area contributed by atoms with Gasteiger partial charge in [0, 0.05) is 30.9 Å². The summed E-state index contributed by atoms with van der Waals surface area (Å²) in [6.45, 7) is 1.06. The van der Waals surface area contributed by atoms with Gasteiger partial charge in [-0.05, 0) is 38.1 Å².